The Kier molecular flexibility index (Phi) is 7.11. The van der Waals surface area contributed by atoms with Gasteiger partial charge in [-0.2, -0.15) is 0 Å². The third kappa shape index (κ3) is 5.51. The quantitative estimate of drug-likeness (QED) is 0.322. The molecular weight excluding hydrogens is 502 g/mol. The maximum Gasteiger partial charge on any atom is 0.194 e. The molecule has 5 heterocycles. The summed E-state index contributed by atoms with van der Waals surface area (Å²) in [4.78, 5) is 15.9. The molecule has 1 aliphatic heterocycles. The lowest BCUT2D eigenvalue weighted by Gasteiger charge is -2.25. The van der Waals surface area contributed by atoms with E-state index >= 15 is 0 Å². The van der Waals surface area contributed by atoms with Crippen molar-refractivity contribution >= 4 is 32.6 Å². The van der Waals surface area contributed by atoms with Gasteiger partial charge in [-0.3, -0.25) is 13.7 Å². The fraction of sp³-hybridized carbons (Fsp3) is 0.214. The molecule has 1 saturated heterocycles. The zero-order valence-corrected chi connectivity index (χ0v) is 21.9. The number of morpholine rings is 1. The minimum absolute atomic E-state index is 0.00489. The molecule has 6 aromatic rings. The maximum atomic E-state index is 8.97. The van der Waals surface area contributed by atoms with Gasteiger partial charge in [-0.05, 0) is 11.1 Å². The predicted molar refractivity (Wildman–Crippen MR) is 149 cm³/mol. The molecule has 0 spiro atoms. The van der Waals surface area contributed by atoms with Gasteiger partial charge in [-0.1, -0.05) is 83.3 Å². The number of aliphatic hydroxyl groups excluding tert-OH is 1. The van der Waals surface area contributed by atoms with Crippen molar-refractivity contribution in [3.05, 3.63) is 96.8 Å². The van der Waals surface area contributed by atoms with Crippen LogP contribution in [0.5, 0.6) is 0 Å². The number of benzene rings is 2. The minimum atomic E-state index is -0.00489. The number of hydrogen-bond acceptors (Lipinski definition) is 7. The van der Waals surface area contributed by atoms with Crippen molar-refractivity contribution in [2.45, 2.75) is 13.2 Å². The molecular formula is C28H27N5O2S2. The molecule has 1 N–H and O–H groups in total. The van der Waals surface area contributed by atoms with Crippen molar-refractivity contribution in [3.8, 4) is 20.9 Å². The Labute approximate surface area is 222 Å². The normalized spacial score (nSPS) is 14.2. The fourth-order valence-electron chi connectivity index (χ4n) is 4.30. The average molecular weight is 530 g/mol. The first-order chi connectivity index (χ1) is 18.2. The molecule has 0 atom stereocenters. The van der Waals surface area contributed by atoms with E-state index in [9.17, 15) is 0 Å². The van der Waals surface area contributed by atoms with E-state index < -0.39 is 0 Å². The van der Waals surface area contributed by atoms with Crippen LogP contribution in [0.2, 0.25) is 0 Å². The van der Waals surface area contributed by atoms with Crippen molar-refractivity contribution in [2.24, 2.45) is 0 Å². The lowest BCUT2D eigenvalue weighted by Crippen LogP contribution is -2.35. The van der Waals surface area contributed by atoms with Crippen LogP contribution >= 0.6 is 22.7 Å². The third-order valence-electron chi connectivity index (χ3n) is 6.18. The van der Waals surface area contributed by atoms with Gasteiger partial charge in [0.1, 0.15) is 0 Å². The zero-order chi connectivity index (χ0) is 25.0. The Balaban J connectivity index is 0.000000141. The smallest absolute Gasteiger partial charge is 0.194 e. The summed E-state index contributed by atoms with van der Waals surface area (Å²) < 4.78 is 9.48. The molecule has 0 aliphatic carbocycles. The van der Waals surface area contributed by atoms with Crippen LogP contribution in [0.25, 0.3) is 30.8 Å². The molecule has 188 valence electrons. The Morgan fingerprint density at radius 2 is 1.22 bits per heavy atom. The monoisotopic (exact) mass is 529 g/mol. The van der Waals surface area contributed by atoms with E-state index in [0.717, 1.165) is 48.5 Å². The van der Waals surface area contributed by atoms with Crippen LogP contribution in [0.1, 0.15) is 11.4 Å². The van der Waals surface area contributed by atoms with Crippen molar-refractivity contribution < 1.29 is 9.84 Å². The van der Waals surface area contributed by atoms with Crippen molar-refractivity contribution in [1.82, 2.24) is 23.7 Å². The second-order valence-corrected chi connectivity index (χ2v) is 10.8. The number of ether oxygens (including phenoxy) is 1. The lowest BCUT2D eigenvalue weighted by molar-refractivity contribution is 0.0337. The van der Waals surface area contributed by atoms with Crippen LogP contribution in [0.4, 0.5) is 0 Å². The summed E-state index contributed by atoms with van der Waals surface area (Å²) in [6, 6.07) is 20.7. The highest BCUT2D eigenvalue weighted by Gasteiger charge is 2.14. The van der Waals surface area contributed by atoms with Gasteiger partial charge >= 0.3 is 0 Å². The first kappa shape index (κ1) is 24.0. The summed E-state index contributed by atoms with van der Waals surface area (Å²) in [7, 11) is 0. The van der Waals surface area contributed by atoms with Gasteiger partial charge in [-0.15, -0.1) is 0 Å². The van der Waals surface area contributed by atoms with Crippen LogP contribution in [0.15, 0.2) is 85.5 Å². The molecule has 0 bridgehead atoms. The Hall–Kier alpha value is -3.34. The molecule has 7 rings (SSSR count). The first-order valence-corrected chi connectivity index (χ1v) is 13.8. The van der Waals surface area contributed by atoms with Gasteiger partial charge in [0.15, 0.2) is 9.92 Å². The topological polar surface area (TPSA) is 67.3 Å². The summed E-state index contributed by atoms with van der Waals surface area (Å²) >= 11 is 3.37. The van der Waals surface area contributed by atoms with Gasteiger partial charge in [0.2, 0.25) is 0 Å². The van der Waals surface area contributed by atoms with Gasteiger partial charge in [0, 0.05) is 44.4 Å². The first-order valence-electron chi connectivity index (χ1n) is 12.2. The van der Waals surface area contributed by atoms with E-state index in [4.69, 9.17) is 14.8 Å². The highest BCUT2D eigenvalue weighted by molar-refractivity contribution is 7.20. The number of aromatic nitrogens is 4. The predicted octanol–water partition coefficient (Wildman–Crippen LogP) is 5.45. The van der Waals surface area contributed by atoms with E-state index in [-0.39, 0.29) is 6.61 Å². The molecule has 7 nitrogen and oxygen atoms in total. The van der Waals surface area contributed by atoms with Crippen molar-refractivity contribution in [2.75, 3.05) is 26.3 Å². The molecule has 0 unspecified atom stereocenters. The van der Waals surface area contributed by atoms with Crippen LogP contribution in [0, 0.1) is 0 Å². The van der Waals surface area contributed by atoms with Crippen molar-refractivity contribution in [1.29, 1.82) is 0 Å². The Morgan fingerprint density at radius 1 is 0.703 bits per heavy atom. The van der Waals surface area contributed by atoms with E-state index in [1.807, 2.05) is 41.1 Å². The van der Waals surface area contributed by atoms with Crippen LogP contribution in [-0.2, 0) is 17.9 Å². The summed E-state index contributed by atoms with van der Waals surface area (Å²) in [5, 5.41) is 8.97. The number of aliphatic hydroxyl groups is 1. The molecule has 2 aromatic carbocycles. The van der Waals surface area contributed by atoms with Gasteiger partial charge in [0.25, 0.3) is 0 Å². The third-order valence-corrected chi connectivity index (χ3v) is 8.27. The number of nitrogens with zero attached hydrogens (tertiary/aromatic N) is 5. The van der Waals surface area contributed by atoms with Crippen LogP contribution in [0.3, 0.4) is 0 Å². The standard InChI is InChI=1S/C16H17N3OS.C12H10N2OS/c1-2-4-13(5-3-1)15-12-19-11-14(17-16(19)21-15)10-18-6-8-20-9-7-18;15-8-10-6-14-7-11(16-12(14)13-10)9-4-2-1-3-5-9/h1-5,11-12H,6-10H2;1-7,15H,8H2. The molecule has 0 radical (unpaired) electrons. The molecule has 1 fully saturated rings. The summed E-state index contributed by atoms with van der Waals surface area (Å²) in [5.41, 5.74) is 4.31. The average Bonchev–Trinajstić information content (AvgIpc) is 3.70. The largest absolute Gasteiger partial charge is 0.390 e. The SMILES string of the molecule is OCc1cn2cc(-c3ccccc3)sc2n1.c1ccc(-c2cn3cc(CN4CCOCC4)nc3s2)cc1. The molecule has 37 heavy (non-hydrogen) atoms. The number of thiazole rings is 2. The minimum Gasteiger partial charge on any atom is -0.390 e. The van der Waals surface area contributed by atoms with Gasteiger partial charge in [0.05, 0.1) is 41.0 Å². The molecule has 1 aliphatic rings. The second kappa shape index (κ2) is 11.0. The highest BCUT2D eigenvalue weighted by Crippen LogP contribution is 2.29. The molecule has 0 saturated carbocycles. The maximum absolute atomic E-state index is 8.97. The Morgan fingerprint density at radius 3 is 1.73 bits per heavy atom. The second-order valence-electron chi connectivity index (χ2n) is 8.81. The molecule has 4 aromatic heterocycles. The summed E-state index contributed by atoms with van der Waals surface area (Å²) in [5.74, 6) is 0. The van der Waals surface area contributed by atoms with Crippen LogP contribution in [-0.4, -0.2) is 55.1 Å². The fourth-order valence-corrected chi connectivity index (χ4v) is 6.28. The highest BCUT2D eigenvalue weighted by atomic mass is 32.1. The van der Waals surface area contributed by atoms with Crippen molar-refractivity contribution in [3.63, 3.8) is 0 Å². The molecule has 0 amide bonds. The lowest BCUT2D eigenvalue weighted by atomic mass is 10.2. The summed E-state index contributed by atoms with van der Waals surface area (Å²) in [6.45, 7) is 4.58. The zero-order valence-electron chi connectivity index (χ0n) is 20.2. The van der Waals surface area contributed by atoms with Gasteiger partial charge in [-0.25, -0.2) is 9.97 Å². The Bertz CT molecular complexity index is 1520. The van der Waals surface area contributed by atoms with Gasteiger partial charge < -0.3 is 9.84 Å². The number of fused-ring (bicyclic) bond motifs is 2. The number of imidazole rings is 2. The summed E-state index contributed by atoms with van der Waals surface area (Å²) in [6.07, 6.45) is 8.22. The van der Waals surface area contributed by atoms with Crippen LogP contribution < -0.4 is 0 Å². The number of hydrogen-bond donors (Lipinski definition) is 1. The van der Waals surface area contributed by atoms with E-state index in [0.29, 0.717) is 5.69 Å². The number of rotatable bonds is 5. The van der Waals surface area contributed by atoms with E-state index in [1.165, 1.54) is 20.9 Å². The molecule has 9 heteroatoms. The van der Waals surface area contributed by atoms with E-state index in [1.54, 1.807) is 22.7 Å². The van der Waals surface area contributed by atoms with E-state index in [2.05, 4.69) is 63.1 Å².